The zero-order valence-electron chi connectivity index (χ0n) is 19.9. The van der Waals surface area contributed by atoms with Crippen molar-refractivity contribution in [3.8, 4) is 28.1 Å². The minimum Gasteiger partial charge on any atom is -0.434 e. The van der Waals surface area contributed by atoms with E-state index in [0.717, 1.165) is 39.2 Å². The van der Waals surface area contributed by atoms with E-state index in [0.29, 0.717) is 17.8 Å². The lowest BCUT2D eigenvalue weighted by Gasteiger charge is -2.21. The second-order valence-corrected chi connectivity index (χ2v) is 9.82. The molecule has 0 saturated heterocycles. The van der Waals surface area contributed by atoms with Gasteiger partial charge in [-0.3, -0.25) is 0 Å². The third-order valence-electron chi connectivity index (χ3n) is 7.07. The molecule has 37 heavy (non-hydrogen) atoms. The van der Waals surface area contributed by atoms with Gasteiger partial charge in [-0.1, -0.05) is 23.4 Å². The number of benzene rings is 2. The van der Waals surface area contributed by atoms with E-state index in [2.05, 4.69) is 24.8 Å². The van der Waals surface area contributed by atoms with Crippen molar-refractivity contribution >= 4 is 11.0 Å². The van der Waals surface area contributed by atoms with Gasteiger partial charge in [-0.2, -0.15) is 8.78 Å². The smallest absolute Gasteiger partial charge is 0.387 e. The van der Waals surface area contributed by atoms with Gasteiger partial charge in [0.05, 0.1) is 29.0 Å². The maximum atomic E-state index is 13.4. The number of aromatic nitrogens is 7. The second kappa shape index (κ2) is 7.62. The fourth-order valence-electron chi connectivity index (χ4n) is 5.50. The predicted molar refractivity (Wildman–Crippen MR) is 129 cm³/mol. The zero-order chi connectivity index (χ0) is 25.5. The van der Waals surface area contributed by atoms with Gasteiger partial charge >= 0.3 is 6.61 Å². The Hall–Kier alpha value is -4.25. The number of alkyl halides is 2. The molecule has 1 N–H and O–H groups in total. The molecule has 9 nitrogen and oxygen atoms in total. The van der Waals surface area contributed by atoms with Crippen LogP contribution in [0.1, 0.15) is 49.6 Å². The molecule has 5 heterocycles. The number of hydrogen-bond donors (Lipinski definition) is 1. The predicted octanol–water partition coefficient (Wildman–Crippen LogP) is 4.48. The lowest BCUT2D eigenvalue weighted by molar-refractivity contribution is -0.0506. The molecule has 2 atom stereocenters. The van der Waals surface area contributed by atoms with E-state index in [4.69, 9.17) is 9.72 Å². The average Bonchev–Trinajstić information content (AvgIpc) is 3.55. The van der Waals surface area contributed by atoms with Crippen LogP contribution in [0.2, 0.25) is 0 Å². The molecular weight excluding hydrogens is 480 g/mol. The van der Waals surface area contributed by atoms with Crippen molar-refractivity contribution in [2.45, 2.75) is 44.6 Å². The second-order valence-electron chi connectivity index (χ2n) is 9.82. The van der Waals surface area contributed by atoms with Crippen molar-refractivity contribution in [3.05, 3.63) is 72.2 Å². The van der Waals surface area contributed by atoms with E-state index in [1.807, 2.05) is 28.9 Å². The van der Waals surface area contributed by atoms with Gasteiger partial charge in [0.1, 0.15) is 23.2 Å². The van der Waals surface area contributed by atoms with E-state index in [1.54, 1.807) is 44.6 Å². The number of halogens is 2. The highest BCUT2D eigenvalue weighted by atomic mass is 19.3. The molecule has 3 aromatic heterocycles. The van der Waals surface area contributed by atoms with Gasteiger partial charge in [-0.05, 0) is 37.6 Å². The summed E-state index contributed by atoms with van der Waals surface area (Å²) in [5.41, 5.74) is 4.30. The normalized spacial score (nSPS) is 18.0. The Morgan fingerprint density at radius 1 is 1.05 bits per heavy atom. The molecule has 0 fully saturated rings. The highest BCUT2D eigenvalue weighted by molar-refractivity contribution is 5.84. The van der Waals surface area contributed by atoms with Crippen LogP contribution in [0.5, 0.6) is 5.75 Å². The molecule has 0 saturated carbocycles. The number of aliphatic hydroxyl groups is 1. The minimum absolute atomic E-state index is 0.132. The van der Waals surface area contributed by atoms with Crippen molar-refractivity contribution in [2.75, 3.05) is 0 Å². The summed E-state index contributed by atoms with van der Waals surface area (Å²) < 4.78 is 35.7. The SMILES string of the molecule is CC(C)(O)c1ncc(-c2ccc3nc4n(c3c2)[C@@H]2C[C@H]4n3nncc3-c3cccc(OC(F)F)c32)cn1. The van der Waals surface area contributed by atoms with Crippen molar-refractivity contribution in [1.29, 1.82) is 0 Å². The maximum absolute atomic E-state index is 13.4. The molecule has 0 aliphatic carbocycles. The van der Waals surface area contributed by atoms with E-state index in [9.17, 15) is 13.9 Å². The van der Waals surface area contributed by atoms with Crippen LogP contribution in [0.15, 0.2) is 55.0 Å². The highest BCUT2D eigenvalue weighted by Gasteiger charge is 2.43. The molecule has 2 aliphatic heterocycles. The number of rotatable bonds is 4. The van der Waals surface area contributed by atoms with Crippen molar-refractivity contribution < 1.29 is 18.6 Å². The Bertz CT molecular complexity index is 1670. The molecule has 0 radical (unpaired) electrons. The summed E-state index contributed by atoms with van der Waals surface area (Å²) in [5.74, 6) is 1.25. The van der Waals surface area contributed by atoms with Crippen LogP contribution in [0, 0.1) is 0 Å². The van der Waals surface area contributed by atoms with Gasteiger partial charge in [-0.25, -0.2) is 19.6 Å². The third kappa shape index (κ3) is 3.27. The molecule has 186 valence electrons. The first-order chi connectivity index (χ1) is 17.8. The van der Waals surface area contributed by atoms with Gasteiger partial charge in [0.2, 0.25) is 0 Å². The topological polar surface area (TPSA) is 104 Å². The summed E-state index contributed by atoms with van der Waals surface area (Å²) in [6, 6.07) is 10.5. The molecular formula is C26H21F2N7O2. The number of fused-ring (bicyclic) bond motifs is 6. The monoisotopic (exact) mass is 501 g/mol. The molecule has 0 spiro atoms. The quantitative estimate of drug-likeness (QED) is 0.387. The fraction of sp³-hybridized carbons (Fsp3) is 0.269. The van der Waals surface area contributed by atoms with Crippen LogP contribution in [0.4, 0.5) is 8.78 Å². The first-order valence-corrected chi connectivity index (χ1v) is 11.8. The van der Waals surface area contributed by atoms with Gasteiger partial charge in [0, 0.05) is 35.5 Å². The summed E-state index contributed by atoms with van der Waals surface area (Å²) in [6.07, 6.45) is 5.59. The Balaban J connectivity index is 1.43. The van der Waals surface area contributed by atoms with Gasteiger partial charge in [0.15, 0.2) is 5.82 Å². The van der Waals surface area contributed by atoms with Crippen LogP contribution in [-0.2, 0) is 5.60 Å². The summed E-state index contributed by atoms with van der Waals surface area (Å²) in [7, 11) is 0. The molecule has 0 amide bonds. The van der Waals surface area contributed by atoms with Crippen LogP contribution in [-0.4, -0.2) is 46.2 Å². The van der Waals surface area contributed by atoms with E-state index in [-0.39, 0.29) is 17.8 Å². The van der Waals surface area contributed by atoms with E-state index >= 15 is 0 Å². The third-order valence-corrected chi connectivity index (χ3v) is 7.07. The van der Waals surface area contributed by atoms with E-state index in [1.165, 1.54) is 0 Å². The lowest BCUT2D eigenvalue weighted by atomic mass is 9.96. The van der Waals surface area contributed by atoms with E-state index < -0.39 is 12.2 Å². The number of nitrogens with zero attached hydrogens (tertiary/aromatic N) is 7. The first kappa shape index (κ1) is 22.0. The van der Waals surface area contributed by atoms with Gasteiger partial charge in [-0.15, -0.1) is 5.10 Å². The highest BCUT2D eigenvalue weighted by Crippen LogP contribution is 2.52. The van der Waals surface area contributed by atoms with Crippen LogP contribution in [0.25, 0.3) is 33.4 Å². The molecule has 11 heteroatoms. The van der Waals surface area contributed by atoms with Crippen molar-refractivity contribution in [2.24, 2.45) is 0 Å². The maximum Gasteiger partial charge on any atom is 0.387 e. The fourth-order valence-corrected chi connectivity index (χ4v) is 5.50. The van der Waals surface area contributed by atoms with Gasteiger partial charge < -0.3 is 14.4 Å². The van der Waals surface area contributed by atoms with Crippen LogP contribution < -0.4 is 4.74 Å². The largest absolute Gasteiger partial charge is 0.434 e. The Kier molecular flexibility index (Phi) is 4.53. The summed E-state index contributed by atoms with van der Waals surface area (Å²) in [5, 5.41) is 18.6. The molecule has 2 bridgehead atoms. The zero-order valence-corrected chi connectivity index (χ0v) is 19.9. The Morgan fingerprint density at radius 3 is 2.62 bits per heavy atom. The van der Waals surface area contributed by atoms with Crippen molar-refractivity contribution in [3.63, 3.8) is 0 Å². The standard InChI is InChI=1S/C26H21F2N7O2/c1-26(2,36)24-29-10-14(11-30-24)13-6-7-16-17(8-13)34-18-9-19(23(34)32-16)35-20(12-31-33-35)15-4-3-5-21(22(15)18)37-25(27)28/h3-8,10-12,18-19,25,36H,9H2,1-2H3/t18-,19-/m1/s1. The number of ether oxygens (including phenoxy) is 1. The lowest BCUT2D eigenvalue weighted by Crippen LogP contribution is -2.19. The molecule has 7 rings (SSSR count). The molecule has 5 aromatic rings. The summed E-state index contributed by atoms with van der Waals surface area (Å²) in [6.45, 7) is 0.316. The Morgan fingerprint density at radius 2 is 1.86 bits per heavy atom. The van der Waals surface area contributed by atoms with Crippen molar-refractivity contribution in [1.82, 2.24) is 34.5 Å². The number of hydrogen-bond acceptors (Lipinski definition) is 7. The summed E-state index contributed by atoms with van der Waals surface area (Å²) >= 11 is 0. The van der Waals surface area contributed by atoms with Crippen LogP contribution in [0.3, 0.4) is 0 Å². The number of imidazole rings is 1. The first-order valence-electron chi connectivity index (χ1n) is 11.8. The Labute approximate surface area is 209 Å². The molecule has 2 aromatic carbocycles. The summed E-state index contributed by atoms with van der Waals surface area (Å²) in [4.78, 5) is 13.6. The molecule has 0 unspecified atom stereocenters. The minimum atomic E-state index is -2.95. The van der Waals surface area contributed by atoms with Gasteiger partial charge in [0.25, 0.3) is 0 Å². The average molecular weight is 501 g/mol. The van der Waals surface area contributed by atoms with Crippen LogP contribution >= 0.6 is 0 Å². The molecule has 2 aliphatic rings.